The first-order chi connectivity index (χ1) is 9.22. The molecule has 1 saturated heterocycles. The number of carbonyl (C=O) groups excluding carboxylic acids is 1. The minimum absolute atomic E-state index is 0.179. The van der Waals surface area contributed by atoms with Gasteiger partial charge >= 0.3 is 0 Å². The highest BCUT2D eigenvalue weighted by Gasteiger charge is 2.20. The van der Waals surface area contributed by atoms with Crippen LogP contribution < -0.4 is 10.1 Å². The van der Waals surface area contributed by atoms with Crippen molar-refractivity contribution in [3.8, 4) is 5.75 Å². The van der Waals surface area contributed by atoms with Gasteiger partial charge in [-0.3, -0.25) is 4.79 Å². The molecule has 19 heavy (non-hydrogen) atoms. The summed E-state index contributed by atoms with van der Waals surface area (Å²) in [7, 11) is 1.67. The molecule has 1 heterocycles. The van der Waals surface area contributed by atoms with Crippen molar-refractivity contribution in [2.24, 2.45) is 0 Å². The van der Waals surface area contributed by atoms with Crippen LogP contribution in [0, 0.1) is 0 Å². The van der Waals surface area contributed by atoms with E-state index in [0.29, 0.717) is 6.42 Å². The molecule has 1 N–H and O–H groups in total. The van der Waals surface area contributed by atoms with Gasteiger partial charge in [0.15, 0.2) is 0 Å². The van der Waals surface area contributed by atoms with Gasteiger partial charge in [0.25, 0.3) is 0 Å². The van der Waals surface area contributed by atoms with Gasteiger partial charge in [-0.25, -0.2) is 0 Å². The zero-order chi connectivity index (χ0) is 13.7. The van der Waals surface area contributed by atoms with Gasteiger partial charge in [-0.1, -0.05) is 25.1 Å². The van der Waals surface area contributed by atoms with E-state index in [0.717, 1.165) is 37.5 Å². The van der Waals surface area contributed by atoms with Gasteiger partial charge < -0.3 is 15.0 Å². The Morgan fingerprint density at radius 3 is 2.74 bits per heavy atom. The lowest BCUT2D eigenvalue weighted by molar-refractivity contribution is -0.132. The number of piperazine rings is 1. The van der Waals surface area contributed by atoms with E-state index in [2.05, 4.69) is 12.2 Å². The molecule has 4 heteroatoms. The zero-order valence-corrected chi connectivity index (χ0v) is 11.7. The maximum Gasteiger partial charge on any atom is 0.223 e. The molecule has 1 aromatic carbocycles. The van der Waals surface area contributed by atoms with E-state index in [9.17, 15) is 4.79 Å². The highest BCUT2D eigenvalue weighted by Crippen LogP contribution is 2.28. The first-order valence-electron chi connectivity index (χ1n) is 6.83. The van der Waals surface area contributed by atoms with E-state index in [1.165, 1.54) is 0 Å². The molecule has 1 aliphatic heterocycles. The quantitative estimate of drug-likeness (QED) is 0.896. The molecule has 0 aromatic heterocycles. The Labute approximate surface area is 114 Å². The van der Waals surface area contributed by atoms with Crippen LogP contribution in [0.3, 0.4) is 0 Å². The molecule has 1 aliphatic rings. The van der Waals surface area contributed by atoms with Gasteiger partial charge in [-0.05, 0) is 17.5 Å². The predicted octanol–water partition coefficient (Wildman–Crippen LogP) is 1.62. The molecule has 0 bridgehead atoms. The summed E-state index contributed by atoms with van der Waals surface area (Å²) in [5, 5.41) is 3.26. The van der Waals surface area contributed by atoms with Crippen molar-refractivity contribution in [1.82, 2.24) is 10.2 Å². The van der Waals surface area contributed by atoms with Crippen LogP contribution in [-0.4, -0.2) is 44.1 Å². The van der Waals surface area contributed by atoms with Crippen LogP contribution in [0.25, 0.3) is 0 Å². The summed E-state index contributed by atoms with van der Waals surface area (Å²) in [5.74, 6) is 1.28. The third-order valence-electron chi connectivity index (χ3n) is 3.62. The summed E-state index contributed by atoms with van der Waals surface area (Å²) < 4.78 is 5.36. The lowest BCUT2D eigenvalue weighted by Gasteiger charge is -2.28. The number of carbonyl (C=O) groups is 1. The predicted molar refractivity (Wildman–Crippen MR) is 75.5 cm³/mol. The highest BCUT2D eigenvalue weighted by molar-refractivity contribution is 5.77. The molecule has 0 radical (unpaired) electrons. The fraction of sp³-hybridized carbons (Fsp3) is 0.533. The number of methoxy groups -OCH3 is 1. The van der Waals surface area contributed by atoms with Crippen molar-refractivity contribution in [3.63, 3.8) is 0 Å². The Bertz CT molecular complexity index is 428. The topological polar surface area (TPSA) is 41.6 Å². The van der Waals surface area contributed by atoms with Crippen LogP contribution >= 0.6 is 0 Å². The second-order valence-electron chi connectivity index (χ2n) is 4.98. The molecule has 104 valence electrons. The van der Waals surface area contributed by atoms with Crippen molar-refractivity contribution in [3.05, 3.63) is 29.8 Å². The fourth-order valence-electron chi connectivity index (χ4n) is 2.49. The van der Waals surface area contributed by atoms with Crippen molar-refractivity contribution < 1.29 is 9.53 Å². The molecule has 1 atom stereocenters. The molecule has 4 nitrogen and oxygen atoms in total. The lowest BCUT2D eigenvalue weighted by atomic mass is 9.96. The number of nitrogens with one attached hydrogen (secondary N) is 1. The first kappa shape index (κ1) is 13.9. The molecule has 1 fully saturated rings. The number of hydrogen-bond acceptors (Lipinski definition) is 3. The Balaban J connectivity index is 1.99. The van der Waals surface area contributed by atoms with Crippen LogP contribution in [0.5, 0.6) is 5.75 Å². The number of rotatable bonds is 4. The summed E-state index contributed by atoms with van der Waals surface area (Å²) in [6, 6.07) is 7.92. The average molecular weight is 262 g/mol. The minimum atomic E-state index is 0.179. The SMILES string of the molecule is COc1ccccc1C(C)CC(=O)N1CCNCC1. The number of para-hydroxylation sites is 1. The van der Waals surface area contributed by atoms with E-state index in [-0.39, 0.29) is 11.8 Å². The monoisotopic (exact) mass is 262 g/mol. The second kappa shape index (κ2) is 6.57. The van der Waals surface area contributed by atoms with Crippen molar-refractivity contribution >= 4 is 5.91 Å². The summed E-state index contributed by atoms with van der Waals surface area (Å²) in [6.45, 7) is 5.51. The summed E-state index contributed by atoms with van der Waals surface area (Å²) in [4.78, 5) is 14.2. The van der Waals surface area contributed by atoms with Gasteiger partial charge in [0.1, 0.15) is 5.75 Å². The van der Waals surface area contributed by atoms with Gasteiger partial charge in [0.05, 0.1) is 7.11 Å². The van der Waals surface area contributed by atoms with Crippen molar-refractivity contribution in [2.45, 2.75) is 19.3 Å². The maximum atomic E-state index is 12.2. The number of nitrogens with zero attached hydrogens (tertiary/aromatic N) is 1. The largest absolute Gasteiger partial charge is 0.496 e. The average Bonchev–Trinajstić information content (AvgIpc) is 2.48. The molecule has 0 spiro atoms. The van der Waals surface area contributed by atoms with Crippen LogP contribution in [0.4, 0.5) is 0 Å². The molecule has 1 amide bonds. The van der Waals surface area contributed by atoms with Crippen molar-refractivity contribution in [2.75, 3.05) is 33.3 Å². The number of ether oxygens (including phenoxy) is 1. The molecule has 0 saturated carbocycles. The van der Waals surface area contributed by atoms with Gasteiger partial charge in [0.2, 0.25) is 5.91 Å². The van der Waals surface area contributed by atoms with Crippen LogP contribution in [0.1, 0.15) is 24.8 Å². The molecule has 1 aromatic rings. The van der Waals surface area contributed by atoms with E-state index in [1.54, 1.807) is 7.11 Å². The zero-order valence-electron chi connectivity index (χ0n) is 11.7. The molecule has 1 unspecified atom stereocenters. The van der Waals surface area contributed by atoms with Crippen LogP contribution in [0.15, 0.2) is 24.3 Å². The summed E-state index contributed by atoms with van der Waals surface area (Å²) >= 11 is 0. The Morgan fingerprint density at radius 1 is 1.37 bits per heavy atom. The van der Waals surface area contributed by atoms with E-state index in [1.807, 2.05) is 29.2 Å². The van der Waals surface area contributed by atoms with Gasteiger partial charge in [-0.15, -0.1) is 0 Å². The minimum Gasteiger partial charge on any atom is -0.496 e. The van der Waals surface area contributed by atoms with E-state index < -0.39 is 0 Å². The molecular formula is C15H22N2O2. The maximum absolute atomic E-state index is 12.2. The lowest BCUT2D eigenvalue weighted by Crippen LogP contribution is -2.46. The second-order valence-corrected chi connectivity index (χ2v) is 4.98. The fourth-order valence-corrected chi connectivity index (χ4v) is 2.49. The third kappa shape index (κ3) is 3.47. The van der Waals surface area contributed by atoms with Crippen LogP contribution in [-0.2, 0) is 4.79 Å². The summed E-state index contributed by atoms with van der Waals surface area (Å²) in [6.07, 6.45) is 0.542. The Hall–Kier alpha value is -1.55. The summed E-state index contributed by atoms with van der Waals surface area (Å²) in [5.41, 5.74) is 1.11. The number of amides is 1. The Morgan fingerprint density at radius 2 is 2.05 bits per heavy atom. The van der Waals surface area contributed by atoms with E-state index in [4.69, 9.17) is 4.74 Å². The van der Waals surface area contributed by atoms with Gasteiger partial charge in [-0.2, -0.15) is 0 Å². The standard InChI is InChI=1S/C15H22N2O2/c1-12(13-5-3-4-6-14(13)19-2)11-15(18)17-9-7-16-8-10-17/h3-6,12,16H,7-11H2,1-2H3. The Kier molecular flexibility index (Phi) is 4.80. The smallest absolute Gasteiger partial charge is 0.223 e. The van der Waals surface area contributed by atoms with Gasteiger partial charge in [0, 0.05) is 32.6 Å². The molecular weight excluding hydrogens is 240 g/mol. The molecule has 0 aliphatic carbocycles. The normalized spacial score (nSPS) is 17.1. The third-order valence-corrected chi connectivity index (χ3v) is 3.62. The number of hydrogen-bond donors (Lipinski definition) is 1. The first-order valence-corrected chi connectivity index (χ1v) is 6.83. The van der Waals surface area contributed by atoms with Crippen molar-refractivity contribution in [1.29, 1.82) is 0 Å². The highest BCUT2D eigenvalue weighted by atomic mass is 16.5. The number of benzene rings is 1. The van der Waals surface area contributed by atoms with E-state index >= 15 is 0 Å². The van der Waals surface area contributed by atoms with Crippen LogP contribution in [0.2, 0.25) is 0 Å². The molecule has 2 rings (SSSR count).